The van der Waals surface area contributed by atoms with E-state index in [1.165, 1.54) is 23.3 Å². The number of hydrazone groups is 1. The van der Waals surface area contributed by atoms with E-state index in [0.717, 1.165) is 40.4 Å². The Morgan fingerprint density at radius 1 is 1.27 bits per heavy atom. The van der Waals surface area contributed by atoms with Crippen LogP contribution in [0.5, 0.6) is 0 Å². The Balaban J connectivity index is 1.66. The molecule has 6 heteroatoms. The average Bonchev–Trinajstić information content (AvgIpc) is 3.11. The van der Waals surface area contributed by atoms with Crippen molar-refractivity contribution in [2.45, 2.75) is 32.6 Å². The number of nitrogens with one attached hydrogen (secondary N) is 1. The standard InChI is InChI=1S/C16H16N4OS/c1-10-6-7-11(21-10)8-19-20-15-14-12-4-2-3-5-13(12)22-16(14)18-9-17-15/h6-9H,2-5H2,1H3,(H,17,18,20)/b19-8-. The second kappa shape index (κ2) is 5.53. The molecule has 0 spiro atoms. The summed E-state index contributed by atoms with van der Waals surface area (Å²) in [5, 5.41) is 5.38. The molecule has 3 aromatic heterocycles. The molecule has 112 valence electrons. The zero-order chi connectivity index (χ0) is 14.9. The predicted octanol–water partition coefficient (Wildman–Crippen LogP) is 3.92. The molecule has 4 rings (SSSR count). The fraction of sp³-hybridized carbons (Fsp3) is 0.312. The Hall–Kier alpha value is -2.21. The van der Waals surface area contributed by atoms with Gasteiger partial charge in [0.05, 0.1) is 11.6 Å². The third-order valence-electron chi connectivity index (χ3n) is 3.87. The van der Waals surface area contributed by atoms with Gasteiger partial charge in [0, 0.05) is 4.88 Å². The molecule has 1 N–H and O–H groups in total. The Kier molecular flexibility index (Phi) is 3.38. The monoisotopic (exact) mass is 312 g/mol. The van der Waals surface area contributed by atoms with Gasteiger partial charge in [0.2, 0.25) is 0 Å². The number of aromatic nitrogens is 2. The molecule has 1 aliphatic rings. The fourth-order valence-electron chi connectivity index (χ4n) is 2.85. The lowest BCUT2D eigenvalue weighted by atomic mass is 9.97. The van der Waals surface area contributed by atoms with Crippen LogP contribution in [-0.4, -0.2) is 16.2 Å². The van der Waals surface area contributed by atoms with Crippen LogP contribution < -0.4 is 5.43 Å². The van der Waals surface area contributed by atoms with Gasteiger partial charge in [-0.2, -0.15) is 5.10 Å². The predicted molar refractivity (Wildman–Crippen MR) is 88.7 cm³/mol. The molecule has 0 radical (unpaired) electrons. The first-order valence-corrected chi connectivity index (χ1v) is 8.23. The number of furan rings is 1. The second-order valence-corrected chi connectivity index (χ2v) is 6.52. The van der Waals surface area contributed by atoms with Crippen LogP contribution in [0.15, 0.2) is 28.0 Å². The van der Waals surface area contributed by atoms with Crippen molar-refractivity contribution in [2.24, 2.45) is 5.10 Å². The third-order valence-corrected chi connectivity index (χ3v) is 5.07. The van der Waals surface area contributed by atoms with Gasteiger partial charge >= 0.3 is 0 Å². The lowest BCUT2D eigenvalue weighted by Crippen LogP contribution is -2.00. The lowest BCUT2D eigenvalue weighted by molar-refractivity contribution is 0.528. The maximum atomic E-state index is 5.46. The average molecular weight is 312 g/mol. The van der Waals surface area contributed by atoms with Gasteiger partial charge in [0.15, 0.2) is 5.82 Å². The molecular formula is C16H16N4OS. The van der Waals surface area contributed by atoms with E-state index in [9.17, 15) is 0 Å². The van der Waals surface area contributed by atoms with Gasteiger partial charge in [0.25, 0.3) is 0 Å². The maximum absolute atomic E-state index is 5.46. The van der Waals surface area contributed by atoms with Gasteiger partial charge in [-0.3, -0.25) is 5.43 Å². The Morgan fingerprint density at radius 3 is 3.05 bits per heavy atom. The Labute approximate surface area is 132 Å². The van der Waals surface area contributed by atoms with E-state index in [1.54, 1.807) is 23.9 Å². The summed E-state index contributed by atoms with van der Waals surface area (Å²) >= 11 is 1.79. The zero-order valence-electron chi connectivity index (χ0n) is 12.3. The molecule has 3 heterocycles. The highest BCUT2D eigenvalue weighted by Crippen LogP contribution is 2.38. The number of fused-ring (bicyclic) bond motifs is 3. The summed E-state index contributed by atoms with van der Waals surface area (Å²) in [5.41, 5.74) is 4.45. The molecule has 0 amide bonds. The first-order chi connectivity index (χ1) is 10.8. The summed E-state index contributed by atoms with van der Waals surface area (Å²) in [6.07, 6.45) is 8.04. The fourth-order valence-corrected chi connectivity index (χ4v) is 4.08. The van der Waals surface area contributed by atoms with Crippen molar-refractivity contribution in [2.75, 3.05) is 5.43 Å². The number of thiophene rings is 1. The summed E-state index contributed by atoms with van der Waals surface area (Å²) in [6.45, 7) is 1.91. The molecule has 0 saturated heterocycles. The zero-order valence-corrected chi connectivity index (χ0v) is 13.1. The molecule has 0 aliphatic heterocycles. The minimum atomic E-state index is 0.725. The summed E-state index contributed by atoms with van der Waals surface area (Å²) in [6, 6.07) is 3.81. The molecule has 0 bridgehead atoms. The minimum Gasteiger partial charge on any atom is -0.460 e. The van der Waals surface area contributed by atoms with Crippen LogP contribution in [0.4, 0.5) is 5.82 Å². The highest BCUT2D eigenvalue weighted by Gasteiger charge is 2.19. The van der Waals surface area contributed by atoms with Gasteiger partial charge < -0.3 is 4.42 Å². The highest BCUT2D eigenvalue weighted by molar-refractivity contribution is 7.19. The molecule has 5 nitrogen and oxygen atoms in total. The number of hydrogen-bond acceptors (Lipinski definition) is 6. The lowest BCUT2D eigenvalue weighted by Gasteiger charge is -2.11. The van der Waals surface area contributed by atoms with E-state index in [1.807, 2.05) is 19.1 Å². The largest absolute Gasteiger partial charge is 0.460 e. The molecule has 0 fully saturated rings. The van der Waals surface area contributed by atoms with Gasteiger partial charge in [-0.05, 0) is 50.3 Å². The molecule has 0 atom stereocenters. The van der Waals surface area contributed by atoms with Crippen LogP contribution in [0.2, 0.25) is 0 Å². The van der Waals surface area contributed by atoms with Crippen LogP contribution in [0.25, 0.3) is 10.2 Å². The first-order valence-electron chi connectivity index (χ1n) is 7.42. The van der Waals surface area contributed by atoms with Crippen molar-refractivity contribution in [3.63, 3.8) is 0 Å². The molecule has 0 aromatic carbocycles. The van der Waals surface area contributed by atoms with Crippen molar-refractivity contribution in [1.82, 2.24) is 9.97 Å². The minimum absolute atomic E-state index is 0.725. The molecule has 0 saturated carbocycles. The van der Waals surface area contributed by atoms with Crippen LogP contribution in [0, 0.1) is 6.92 Å². The number of aryl methyl sites for hydroxylation is 3. The molecule has 3 aromatic rings. The second-order valence-electron chi connectivity index (χ2n) is 5.43. The Morgan fingerprint density at radius 2 is 2.18 bits per heavy atom. The molecule has 22 heavy (non-hydrogen) atoms. The van der Waals surface area contributed by atoms with Gasteiger partial charge in [-0.15, -0.1) is 11.3 Å². The van der Waals surface area contributed by atoms with Crippen LogP contribution in [0.3, 0.4) is 0 Å². The van der Waals surface area contributed by atoms with Crippen molar-refractivity contribution in [3.8, 4) is 0 Å². The number of hydrogen-bond donors (Lipinski definition) is 1. The molecule has 0 unspecified atom stereocenters. The van der Waals surface area contributed by atoms with Gasteiger partial charge in [-0.25, -0.2) is 9.97 Å². The normalized spacial score (nSPS) is 14.6. The maximum Gasteiger partial charge on any atom is 0.158 e. The number of rotatable bonds is 3. The molecule has 1 aliphatic carbocycles. The Bertz CT molecular complexity index is 849. The third kappa shape index (κ3) is 2.39. The van der Waals surface area contributed by atoms with Crippen molar-refractivity contribution >= 4 is 33.6 Å². The summed E-state index contributed by atoms with van der Waals surface area (Å²) in [5.74, 6) is 2.38. The van der Waals surface area contributed by atoms with Gasteiger partial charge in [0.1, 0.15) is 22.7 Å². The van der Waals surface area contributed by atoms with Crippen molar-refractivity contribution in [1.29, 1.82) is 0 Å². The van der Waals surface area contributed by atoms with Crippen molar-refractivity contribution < 1.29 is 4.42 Å². The SMILES string of the molecule is Cc1ccc(/C=N\Nc2ncnc3sc4c(c23)CCCC4)o1. The van der Waals surface area contributed by atoms with Gasteiger partial charge in [-0.1, -0.05) is 0 Å². The summed E-state index contributed by atoms with van der Waals surface area (Å²) in [4.78, 5) is 11.3. The highest BCUT2D eigenvalue weighted by atomic mass is 32.1. The van der Waals surface area contributed by atoms with E-state index in [2.05, 4.69) is 20.5 Å². The number of anilines is 1. The van der Waals surface area contributed by atoms with E-state index >= 15 is 0 Å². The van der Waals surface area contributed by atoms with E-state index in [-0.39, 0.29) is 0 Å². The summed E-state index contributed by atoms with van der Waals surface area (Å²) < 4.78 is 5.46. The van der Waals surface area contributed by atoms with Crippen LogP contribution in [0.1, 0.15) is 34.8 Å². The van der Waals surface area contributed by atoms with Crippen molar-refractivity contribution in [3.05, 3.63) is 40.4 Å². The van der Waals surface area contributed by atoms with Crippen LogP contribution >= 0.6 is 11.3 Å². The van der Waals surface area contributed by atoms with E-state index in [0.29, 0.717) is 0 Å². The van der Waals surface area contributed by atoms with E-state index < -0.39 is 0 Å². The topological polar surface area (TPSA) is 63.3 Å². The smallest absolute Gasteiger partial charge is 0.158 e. The van der Waals surface area contributed by atoms with E-state index in [4.69, 9.17) is 4.42 Å². The quantitative estimate of drug-likeness (QED) is 0.588. The summed E-state index contributed by atoms with van der Waals surface area (Å²) in [7, 11) is 0. The van der Waals surface area contributed by atoms with Crippen LogP contribution in [-0.2, 0) is 12.8 Å². The number of nitrogens with zero attached hydrogens (tertiary/aromatic N) is 3. The molecular weight excluding hydrogens is 296 g/mol. The first kappa shape index (κ1) is 13.5.